The first-order valence-electron chi connectivity index (χ1n) is 24.6. The third-order valence-corrected chi connectivity index (χ3v) is 11.2. The molecule has 0 aromatic heterocycles. The van der Waals surface area contributed by atoms with Gasteiger partial charge in [0.05, 0.1) is 27.7 Å². The van der Waals surface area contributed by atoms with Gasteiger partial charge < -0.3 is 27.9 Å². The summed E-state index contributed by atoms with van der Waals surface area (Å²) in [7, 11) is 1.14. The zero-order chi connectivity index (χ0) is 45.7. The SMILES string of the molecule is CC/C=C\C/C=C\C/C=C\C/C=C\CCCCCCCCC(=O)OC(COC(=O)CCCCCCCCCCC/C=C\C/C=C\CCCCC)COP(=O)([O-])OCC[N+](C)(C)C. The van der Waals surface area contributed by atoms with Crippen LogP contribution in [0.2, 0.25) is 0 Å². The maximum Gasteiger partial charge on any atom is 0.306 e. The van der Waals surface area contributed by atoms with Gasteiger partial charge in [-0.05, 0) is 83.5 Å². The summed E-state index contributed by atoms with van der Waals surface area (Å²) in [4.78, 5) is 37.7. The van der Waals surface area contributed by atoms with Crippen LogP contribution in [-0.2, 0) is 32.7 Å². The highest BCUT2D eigenvalue weighted by molar-refractivity contribution is 7.45. The summed E-state index contributed by atoms with van der Waals surface area (Å²) in [6, 6.07) is 0. The lowest BCUT2D eigenvalue weighted by Gasteiger charge is -2.28. The Kier molecular flexibility index (Phi) is 41.9. The summed E-state index contributed by atoms with van der Waals surface area (Å²) in [5, 5.41) is 0. The topological polar surface area (TPSA) is 111 Å². The molecule has 0 aromatic carbocycles. The lowest BCUT2D eigenvalue weighted by molar-refractivity contribution is -0.870. The maximum atomic E-state index is 12.7. The monoisotopic (exact) mass is 890 g/mol. The van der Waals surface area contributed by atoms with Gasteiger partial charge in [-0.1, -0.05) is 170 Å². The van der Waals surface area contributed by atoms with Gasteiger partial charge in [-0.2, -0.15) is 0 Å². The van der Waals surface area contributed by atoms with Gasteiger partial charge in [-0.3, -0.25) is 14.2 Å². The average Bonchev–Trinajstić information content (AvgIpc) is 3.23. The molecule has 0 N–H and O–H groups in total. The van der Waals surface area contributed by atoms with Crippen molar-refractivity contribution in [1.82, 2.24) is 0 Å². The molecule has 9 nitrogen and oxygen atoms in total. The molecule has 0 saturated heterocycles. The molecule has 62 heavy (non-hydrogen) atoms. The van der Waals surface area contributed by atoms with Gasteiger partial charge in [0.2, 0.25) is 0 Å². The van der Waals surface area contributed by atoms with E-state index in [0.29, 0.717) is 17.4 Å². The van der Waals surface area contributed by atoms with Crippen molar-refractivity contribution >= 4 is 19.8 Å². The first-order chi connectivity index (χ1) is 30.0. The largest absolute Gasteiger partial charge is 0.756 e. The molecular weight excluding hydrogens is 798 g/mol. The van der Waals surface area contributed by atoms with E-state index >= 15 is 0 Å². The molecule has 0 saturated carbocycles. The average molecular weight is 890 g/mol. The standard InChI is InChI=1S/C52H92NO8P/c1-6-8-10-12-14-16-18-20-22-24-26-28-30-32-34-36-38-40-42-44-51(54)58-48-50(49-60-62(56,57)59-47-46-53(3,4)5)61-52(55)45-43-41-39-37-35-33-31-29-27-25-23-21-19-17-15-13-11-9-7-2/h9,11,14-17,20-23,27,29,50H,6-8,10,12-13,18-19,24-26,28,30-49H2,1-5H3/b11-9-,16-14-,17-15-,22-20-,23-21-,29-27-. The molecular formula is C52H92NO8P. The van der Waals surface area contributed by atoms with E-state index in [0.717, 1.165) is 103 Å². The van der Waals surface area contributed by atoms with Crippen LogP contribution in [0.25, 0.3) is 0 Å². The number of quaternary nitrogens is 1. The Hall–Kier alpha value is -2.55. The van der Waals surface area contributed by atoms with Gasteiger partial charge in [0.25, 0.3) is 7.82 Å². The number of carbonyl (C=O) groups excluding carboxylic acids is 2. The van der Waals surface area contributed by atoms with Crippen LogP contribution in [0, 0.1) is 0 Å². The van der Waals surface area contributed by atoms with E-state index in [1.54, 1.807) is 0 Å². The van der Waals surface area contributed by atoms with Crippen molar-refractivity contribution in [3.63, 3.8) is 0 Å². The number of ether oxygens (including phenoxy) is 2. The van der Waals surface area contributed by atoms with Crippen LogP contribution in [-0.4, -0.2) is 70.0 Å². The van der Waals surface area contributed by atoms with E-state index in [9.17, 15) is 19.0 Å². The van der Waals surface area contributed by atoms with Crippen LogP contribution in [0.3, 0.4) is 0 Å². The Labute approximate surface area is 380 Å². The first-order valence-corrected chi connectivity index (χ1v) is 26.1. The fourth-order valence-corrected chi connectivity index (χ4v) is 7.11. The summed E-state index contributed by atoms with van der Waals surface area (Å²) in [5.41, 5.74) is 0. The third kappa shape index (κ3) is 46.9. The number of phosphoric ester groups is 1. The normalized spacial score (nSPS) is 14.1. The number of phosphoric acid groups is 1. The number of nitrogens with zero attached hydrogens (tertiary/aromatic N) is 1. The molecule has 0 aliphatic carbocycles. The van der Waals surface area contributed by atoms with Crippen molar-refractivity contribution in [3.05, 3.63) is 72.9 Å². The van der Waals surface area contributed by atoms with Crippen LogP contribution >= 0.6 is 7.82 Å². The Morgan fingerprint density at radius 1 is 0.516 bits per heavy atom. The summed E-state index contributed by atoms with van der Waals surface area (Å²) >= 11 is 0. The Morgan fingerprint density at radius 3 is 1.37 bits per heavy atom. The number of allylic oxidation sites excluding steroid dienone is 12. The number of carbonyl (C=O) groups is 2. The second kappa shape index (κ2) is 43.7. The molecule has 0 aromatic rings. The Morgan fingerprint density at radius 2 is 0.919 bits per heavy atom. The van der Waals surface area contributed by atoms with Crippen molar-refractivity contribution in [2.24, 2.45) is 0 Å². The van der Waals surface area contributed by atoms with E-state index < -0.39 is 32.5 Å². The molecule has 358 valence electrons. The maximum absolute atomic E-state index is 12.7. The molecule has 0 amide bonds. The van der Waals surface area contributed by atoms with Gasteiger partial charge in [-0.15, -0.1) is 0 Å². The smallest absolute Gasteiger partial charge is 0.306 e. The van der Waals surface area contributed by atoms with Crippen molar-refractivity contribution in [1.29, 1.82) is 0 Å². The number of hydrogen-bond acceptors (Lipinski definition) is 8. The predicted octanol–water partition coefficient (Wildman–Crippen LogP) is 13.9. The molecule has 0 spiro atoms. The minimum absolute atomic E-state index is 0.0380. The molecule has 0 fully saturated rings. The first kappa shape index (κ1) is 59.5. The Balaban J connectivity index is 4.32. The molecule has 0 heterocycles. The molecule has 0 rings (SSSR count). The van der Waals surface area contributed by atoms with Gasteiger partial charge in [0, 0.05) is 12.8 Å². The molecule has 0 aliphatic heterocycles. The third-order valence-electron chi connectivity index (χ3n) is 10.2. The molecule has 2 atom stereocenters. The van der Waals surface area contributed by atoms with Crippen LogP contribution in [0.4, 0.5) is 0 Å². The highest BCUT2D eigenvalue weighted by Gasteiger charge is 2.21. The molecule has 0 aliphatic rings. The van der Waals surface area contributed by atoms with Gasteiger partial charge in [0.15, 0.2) is 6.10 Å². The number of rotatable bonds is 44. The second-order valence-electron chi connectivity index (χ2n) is 17.4. The van der Waals surface area contributed by atoms with Crippen molar-refractivity contribution in [2.75, 3.05) is 47.5 Å². The van der Waals surface area contributed by atoms with E-state index in [1.807, 2.05) is 21.1 Å². The van der Waals surface area contributed by atoms with Gasteiger partial charge >= 0.3 is 11.9 Å². The molecule has 0 radical (unpaired) electrons. The van der Waals surface area contributed by atoms with E-state index in [2.05, 4.69) is 86.8 Å². The van der Waals surface area contributed by atoms with Crippen LogP contribution < -0.4 is 4.89 Å². The fraction of sp³-hybridized carbons (Fsp3) is 0.731. The molecule has 2 unspecified atom stereocenters. The van der Waals surface area contributed by atoms with Crippen LogP contribution in [0.5, 0.6) is 0 Å². The summed E-state index contributed by atoms with van der Waals surface area (Å²) < 4.78 is 34.0. The Bertz CT molecular complexity index is 1280. The van der Waals surface area contributed by atoms with Crippen LogP contribution in [0.15, 0.2) is 72.9 Å². The van der Waals surface area contributed by atoms with Crippen molar-refractivity contribution < 1.29 is 42.1 Å². The number of likely N-dealkylation sites (N-methyl/N-ethyl adjacent to an activating group) is 1. The summed E-state index contributed by atoms with van der Waals surface area (Å²) in [6.07, 6.45) is 54.9. The van der Waals surface area contributed by atoms with Crippen molar-refractivity contribution in [2.45, 2.75) is 200 Å². The summed E-state index contributed by atoms with van der Waals surface area (Å²) in [6.45, 7) is 4.07. The minimum Gasteiger partial charge on any atom is -0.756 e. The van der Waals surface area contributed by atoms with Crippen LogP contribution in [0.1, 0.15) is 194 Å². The highest BCUT2D eigenvalue weighted by Crippen LogP contribution is 2.38. The zero-order valence-electron chi connectivity index (χ0n) is 40.3. The zero-order valence-corrected chi connectivity index (χ0v) is 41.2. The lowest BCUT2D eigenvalue weighted by Crippen LogP contribution is -2.37. The van der Waals surface area contributed by atoms with E-state index in [-0.39, 0.29) is 26.1 Å². The number of esters is 2. The number of hydrogen-bond donors (Lipinski definition) is 0. The van der Waals surface area contributed by atoms with Gasteiger partial charge in [0.1, 0.15) is 19.8 Å². The molecule has 10 heteroatoms. The van der Waals surface area contributed by atoms with Crippen molar-refractivity contribution in [3.8, 4) is 0 Å². The second-order valence-corrected chi connectivity index (χ2v) is 18.9. The fourth-order valence-electron chi connectivity index (χ4n) is 6.38. The quantitative estimate of drug-likeness (QED) is 0.0195. The van der Waals surface area contributed by atoms with E-state index in [1.165, 1.54) is 57.8 Å². The highest BCUT2D eigenvalue weighted by atomic mass is 31.2. The van der Waals surface area contributed by atoms with E-state index in [4.69, 9.17) is 18.5 Å². The summed E-state index contributed by atoms with van der Waals surface area (Å²) in [5.74, 6) is -0.858. The van der Waals surface area contributed by atoms with Gasteiger partial charge in [-0.25, -0.2) is 0 Å². The lowest BCUT2D eigenvalue weighted by atomic mass is 10.1. The minimum atomic E-state index is -4.64. The predicted molar refractivity (Wildman–Crippen MR) is 259 cm³/mol. The number of unbranched alkanes of at least 4 members (excludes halogenated alkanes) is 18. The molecule has 0 bridgehead atoms.